The van der Waals surface area contributed by atoms with Crippen LogP contribution in [0.3, 0.4) is 0 Å². The Hall–Kier alpha value is -1.49. The van der Waals surface area contributed by atoms with Crippen LogP contribution in [0.4, 0.5) is 0 Å². The molecule has 5 heteroatoms. The molecule has 21 heavy (non-hydrogen) atoms. The van der Waals surface area contributed by atoms with Gasteiger partial charge in [0.1, 0.15) is 0 Å². The van der Waals surface area contributed by atoms with Crippen LogP contribution in [0.5, 0.6) is 0 Å². The third-order valence-corrected chi connectivity index (χ3v) is 4.36. The Balaban J connectivity index is 2.39. The number of hydrogen-bond donors (Lipinski definition) is 0. The summed E-state index contributed by atoms with van der Waals surface area (Å²) in [6, 6.07) is 6.24. The number of esters is 1. The first-order chi connectivity index (χ1) is 9.93. The zero-order chi connectivity index (χ0) is 15.8. The van der Waals surface area contributed by atoms with Crippen LogP contribution in [0, 0.1) is 13.8 Å². The minimum absolute atomic E-state index is 0.0748. The summed E-state index contributed by atoms with van der Waals surface area (Å²) in [5, 5.41) is 0. The number of nitrogens with zero attached hydrogens (tertiary/aromatic N) is 1. The molecule has 0 bridgehead atoms. The lowest BCUT2D eigenvalue weighted by Crippen LogP contribution is -2.29. The Labute approximate surface area is 130 Å². The van der Waals surface area contributed by atoms with E-state index in [1.54, 1.807) is 23.7 Å². The molecule has 0 atom stereocenters. The highest BCUT2D eigenvalue weighted by molar-refractivity contribution is 8.00. The summed E-state index contributed by atoms with van der Waals surface area (Å²) in [5.74, 6) is 0.255. The second-order valence-electron chi connectivity index (χ2n) is 5.05. The average Bonchev–Trinajstić information content (AvgIpc) is 2.47. The molecule has 4 nitrogen and oxygen atoms in total. The molecule has 1 aromatic carbocycles. The van der Waals surface area contributed by atoms with E-state index >= 15 is 0 Å². The van der Waals surface area contributed by atoms with Crippen molar-refractivity contribution in [1.82, 2.24) is 4.90 Å². The van der Waals surface area contributed by atoms with Crippen LogP contribution in [0.25, 0.3) is 0 Å². The number of carbonyl (C=O) groups is 2. The van der Waals surface area contributed by atoms with Gasteiger partial charge in [-0.2, -0.15) is 0 Å². The Morgan fingerprint density at radius 2 is 2.00 bits per heavy atom. The van der Waals surface area contributed by atoms with Gasteiger partial charge in [0, 0.05) is 24.9 Å². The van der Waals surface area contributed by atoms with Gasteiger partial charge in [0.05, 0.1) is 12.9 Å². The fraction of sp³-hybridized carbons (Fsp3) is 0.500. The summed E-state index contributed by atoms with van der Waals surface area (Å²) in [4.78, 5) is 25.9. The van der Waals surface area contributed by atoms with Crippen molar-refractivity contribution in [1.29, 1.82) is 0 Å². The molecule has 0 fully saturated rings. The summed E-state index contributed by atoms with van der Waals surface area (Å²) in [7, 11) is 3.14. The van der Waals surface area contributed by atoms with Crippen LogP contribution in [-0.4, -0.2) is 43.2 Å². The van der Waals surface area contributed by atoms with Crippen molar-refractivity contribution in [3.05, 3.63) is 29.3 Å². The Kier molecular flexibility index (Phi) is 7.29. The van der Waals surface area contributed by atoms with E-state index in [2.05, 4.69) is 22.9 Å². The Morgan fingerprint density at radius 1 is 1.29 bits per heavy atom. The third-order valence-electron chi connectivity index (χ3n) is 3.22. The summed E-state index contributed by atoms with van der Waals surface area (Å²) in [6.45, 7) is 4.66. The zero-order valence-electron chi connectivity index (χ0n) is 13.1. The number of carbonyl (C=O) groups excluding carboxylic acids is 2. The predicted molar refractivity (Wildman–Crippen MR) is 85.5 cm³/mol. The van der Waals surface area contributed by atoms with Crippen molar-refractivity contribution >= 4 is 23.6 Å². The number of benzene rings is 1. The van der Waals surface area contributed by atoms with E-state index in [0.717, 1.165) is 4.90 Å². The lowest BCUT2D eigenvalue weighted by atomic mass is 10.2. The van der Waals surface area contributed by atoms with Gasteiger partial charge in [0.25, 0.3) is 0 Å². The minimum Gasteiger partial charge on any atom is -0.469 e. The van der Waals surface area contributed by atoms with Crippen LogP contribution in [0.15, 0.2) is 23.1 Å². The van der Waals surface area contributed by atoms with Crippen LogP contribution in [0.1, 0.15) is 24.0 Å². The molecule has 0 aromatic heterocycles. The van der Waals surface area contributed by atoms with Crippen molar-refractivity contribution in [2.45, 2.75) is 31.6 Å². The van der Waals surface area contributed by atoms with E-state index in [4.69, 9.17) is 0 Å². The number of thioether (sulfide) groups is 1. The van der Waals surface area contributed by atoms with E-state index < -0.39 is 0 Å². The van der Waals surface area contributed by atoms with Crippen molar-refractivity contribution in [2.24, 2.45) is 0 Å². The molecule has 0 spiro atoms. The molecule has 116 valence electrons. The molecule has 1 amide bonds. The quantitative estimate of drug-likeness (QED) is 0.574. The minimum atomic E-state index is -0.236. The van der Waals surface area contributed by atoms with Gasteiger partial charge >= 0.3 is 5.97 Å². The third kappa shape index (κ3) is 6.21. The van der Waals surface area contributed by atoms with Crippen molar-refractivity contribution in [3.63, 3.8) is 0 Å². The normalized spacial score (nSPS) is 10.3. The van der Waals surface area contributed by atoms with E-state index in [0.29, 0.717) is 25.1 Å². The number of aryl methyl sites for hydroxylation is 2. The first kappa shape index (κ1) is 17.6. The molecule has 0 saturated carbocycles. The number of methoxy groups -OCH3 is 1. The molecule has 0 saturated heterocycles. The number of rotatable bonds is 7. The molecule has 1 rings (SSSR count). The fourth-order valence-electron chi connectivity index (χ4n) is 1.80. The van der Waals surface area contributed by atoms with Gasteiger partial charge in [-0.3, -0.25) is 9.59 Å². The lowest BCUT2D eigenvalue weighted by Gasteiger charge is -2.17. The highest BCUT2D eigenvalue weighted by atomic mass is 32.2. The van der Waals surface area contributed by atoms with Crippen molar-refractivity contribution in [2.75, 3.05) is 26.5 Å². The Bertz CT molecular complexity index is 502. The van der Waals surface area contributed by atoms with Crippen LogP contribution in [-0.2, 0) is 14.3 Å². The van der Waals surface area contributed by atoms with Gasteiger partial charge in [-0.15, -0.1) is 11.8 Å². The first-order valence-electron chi connectivity index (χ1n) is 6.95. The number of amides is 1. The second-order valence-corrected chi connectivity index (χ2v) is 6.07. The summed E-state index contributed by atoms with van der Waals surface area (Å²) >= 11 is 1.56. The molecule has 0 radical (unpaired) electrons. The molecule has 0 unspecified atom stereocenters. The Morgan fingerprint density at radius 3 is 2.67 bits per heavy atom. The summed E-state index contributed by atoms with van der Waals surface area (Å²) in [5.41, 5.74) is 2.38. The maximum atomic E-state index is 12.0. The molecule has 0 aliphatic heterocycles. The highest BCUT2D eigenvalue weighted by Gasteiger charge is 2.11. The lowest BCUT2D eigenvalue weighted by molar-refractivity contribution is -0.141. The van der Waals surface area contributed by atoms with Gasteiger partial charge in [0.15, 0.2) is 0 Å². The van der Waals surface area contributed by atoms with E-state index in [1.165, 1.54) is 18.2 Å². The SMILES string of the molecule is COC(=O)CCCN(C)C(=O)CSc1cc(C)ccc1C. The smallest absolute Gasteiger partial charge is 0.305 e. The first-order valence-corrected chi connectivity index (χ1v) is 7.93. The maximum Gasteiger partial charge on any atom is 0.305 e. The molecular weight excluding hydrogens is 286 g/mol. The van der Waals surface area contributed by atoms with Crippen LogP contribution < -0.4 is 0 Å². The summed E-state index contributed by atoms with van der Waals surface area (Å²) < 4.78 is 4.58. The van der Waals surface area contributed by atoms with Crippen LogP contribution in [0.2, 0.25) is 0 Å². The van der Waals surface area contributed by atoms with Gasteiger partial charge in [-0.05, 0) is 31.9 Å². The standard InChI is InChI=1S/C16H23NO3S/c1-12-7-8-13(2)14(10-12)21-11-15(18)17(3)9-5-6-16(19)20-4/h7-8,10H,5-6,9,11H2,1-4H3. The van der Waals surface area contributed by atoms with Crippen molar-refractivity contribution < 1.29 is 14.3 Å². The molecule has 0 aliphatic carbocycles. The molecule has 0 N–H and O–H groups in total. The van der Waals surface area contributed by atoms with Gasteiger partial charge < -0.3 is 9.64 Å². The second kappa shape index (κ2) is 8.72. The monoisotopic (exact) mass is 309 g/mol. The topological polar surface area (TPSA) is 46.6 Å². The zero-order valence-corrected chi connectivity index (χ0v) is 14.0. The molecular formula is C16H23NO3S. The van der Waals surface area contributed by atoms with Crippen LogP contribution >= 0.6 is 11.8 Å². The summed E-state index contributed by atoms with van der Waals surface area (Å²) in [6.07, 6.45) is 0.974. The van der Waals surface area contributed by atoms with E-state index in [1.807, 2.05) is 13.8 Å². The predicted octanol–water partition coefficient (Wildman–Crippen LogP) is 2.81. The van der Waals surface area contributed by atoms with Gasteiger partial charge in [-0.25, -0.2) is 0 Å². The fourth-order valence-corrected chi connectivity index (χ4v) is 2.86. The molecule has 1 aromatic rings. The van der Waals surface area contributed by atoms with Gasteiger partial charge in [0.2, 0.25) is 5.91 Å². The maximum absolute atomic E-state index is 12.0. The van der Waals surface area contributed by atoms with E-state index in [9.17, 15) is 9.59 Å². The molecule has 0 heterocycles. The average molecular weight is 309 g/mol. The van der Waals surface area contributed by atoms with Crippen molar-refractivity contribution in [3.8, 4) is 0 Å². The largest absolute Gasteiger partial charge is 0.469 e. The highest BCUT2D eigenvalue weighted by Crippen LogP contribution is 2.23. The van der Waals surface area contributed by atoms with Gasteiger partial charge in [-0.1, -0.05) is 17.7 Å². The number of hydrogen-bond acceptors (Lipinski definition) is 4. The number of ether oxygens (including phenoxy) is 1. The van der Waals surface area contributed by atoms with E-state index in [-0.39, 0.29) is 11.9 Å². The molecule has 0 aliphatic rings.